The highest BCUT2D eigenvalue weighted by Gasteiger charge is 2.34. The second-order valence-corrected chi connectivity index (χ2v) is 4.55. The van der Waals surface area contributed by atoms with Crippen molar-refractivity contribution >= 4 is 5.82 Å². The fourth-order valence-corrected chi connectivity index (χ4v) is 2.56. The Morgan fingerprint density at radius 2 is 1.94 bits per heavy atom. The molecule has 1 aliphatic rings. The molecule has 0 saturated heterocycles. The van der Waals surface area contributed by atoms with Crippen LogP contribution in [0.2, 0.25) is 0 Å². The summed E-state index contributed by atoms with van der Waals surface area (Å²) in [4.78, 5) is 15.3. The van der Waals surface area contributed by atoms with Crippen LogP contribution in [0.25, 0.3) is 0 Å². The van der Waals surface area contributed by atoms with Gasteiger partial charge in [0.1, 0.15) is 5.82 Å². The summed E-state index contributed by atoms with van der Waals surface area (Å²) in [5.74, 6) is 0.311. The third kappa shape index (κ3) is 2.32. The number of aromatic nitrogens is 2. The smallest absolute Gasteiger partial charge is 0.349 e. The summed E-state index contributed by atoms with van der Waals surface area (Å²) in [7, 11) is 0. The van der Waals surface area contributed by atoms with Crippen molar-refractivity contribution in [2.24, 2.45) is 11.8 Å². The van der Waals surface area contributed by atoms with Crippen LogP contribution in [0, 0.1) is 11.8 Å². The van der Waals surface area contributed by atoms with E-state index in [0.717, 1.165) is 0 Å². The predicted octanol–water partition coefficient (Wildman–Crippen LogP) is -0.623. The maximum absolute atomic E-state index is 11.7. The SMILES string of the molecule is Nc1ccn(C2C[C@@H](CO)[C@@H](CO)C2)c(=O)n1. The lowest BCUT2D eigenvalue weighted by molar-refractivity contribution is 0.141. The Hall–Kier alpha value is -1.40. The van der Waals surface area contributed by atoms with Crippen molar-refractivity contribution in [2.45, 2.75) is 18.9 Å². The normalized spacial score (nSPS) is 28.5. The van der Waals surface area contributed by atoms with E-state index in [4.69, 9.17) is 5.73 Å². The Morgan fingerprint density at radius 1 is 1.35 bits per heavy atom. The van der Waals surface area contributed by atoms with E-state index < -0.39 is 0 Å². The molecule has 0 bridgehead atoms. The molecule has 1 aliphatic carbocycles. The Morgan fingerprint density at radius 3 is 2.41 bits per heavy atom. The second kappa shape index (κ2) is 4.85. The van der Waals surface area contributed by atoms with Crippen LogP contribution in [0.4, 0.5) is 5.82 Å². The third-order valence-corrected chi connectivity index (χ3v) is 3.53. The zero-order chi connectivity index (χ0) is 12.4. The summed E-state index contributed by atoms with van der Waals surface area (Å²) in [6, 6.07) is 1.58. The molecule has 6 nitrogen and oxygen atoms in total. The molecule has 0 radical (unpaired) electrons. The fraction of sp³-hybridized carbons (Fsp3) is 0.636. The number of hydrogen-bond donors (Lipinski definition) is 3. The van der Waals surface area contributed by atoms with Gasteiger partial charge in [-0.15, -0.1) is 0 Å². The molecule has 0 aromatic carbocycles. The van der Waals surface area contributed by atoms with E-state index in [9.17, 15) is 15.0 Å². The lowest BCUT2D eigenvalue weighted by Crippen LogP contribution is -2.26. The van der Waals surface area contributed by atoms with Gasteiger partial charge in [0, 0.05) is 25.5 Å². The number of nitrogen functional groups attached to an aromatic ring is 1. The van der Waals surface area contributed by atoms with Gasteiger partial charge < -0.3 is 15.9 Å². The highest BCUT2D eigenvalue weighted by atomic mass is 16.3. The molecule has 94 valence electrons. The van der Waals surface area contributed by atoms with Crippen LogP contribution < -0.4 is 11.4 Å². The quantitative estimate of drug-likeness (QED) is 0.652. The summed E-state index contributed by atoms with van der Waals surface area (Å²) >= 11 is 0. The second-order valence-electron chi connectivity index (χ2n) is 4.55. The molecule has 1 saturated carbocycles. The summed E-state index contributed by atoms with van der Waals surface area (Å²) in [6.45, 7) is 0.0811. The molecule has 1 aromatic heterocycles. The minimum absolute atomic E-state index is 0.00935. The largest absolute Gasteiger partial charge is 0.396 e. The molecule has 1 heterocycles. The van der Waals surface area contributed by atoms with E-state index >= 15 is 0 Å². The van der Waals surface area contributed by atoms with Gasteiger partial charge in [0.05, 0.1) is 0 Å². The van der Waals surface area contributed by atoms with Gasteiger partial charge in [-0.3, -0.25) is 4.57 Å². The number of rotatable bonds is 3. The molecule has 2 rings (SSSR count). The minimum Gasteiger partial charge on any atom is -0.396 e. The molecular formula is C11H17N3O3. The highest BCUT2D eigenvalue weighted by molar-refractivity contribution is 5.23. The Kier molecular flexibility index (Phi) is 3.44. The predicted molar refractivity (Wildman–Crippen MR) is 62.3 cm³/mol. The number of nitrogens with two attached hydrogens (primary N) is 1. The van der Waals surface area contributed by atoms with E-state index in [1.165, 1.54) is 4.57 Å². The lowest BCUT2D eigenvalue weighted by Gasteiger charge is -2.12. The van der Waals surface area contributed by atoms with E-state index in [2.05, 4.69) is 4.98 Å². The number of aliphatic hydroxyl groups is 2. The van der Waals surface area contributed by atoms with Crippen LogP contribution in [0.15, 0.2) is 17.1 Å². The molecule has 1 unspecified atom stereocenters. The standard InChI is InChI=1S/C11H17N3O3/c12-10-1-2-14(11(17)13-10)9-3-7(5-15)8(4-9)6-16/h1-2,7-9,15-16H,3-6H2,(H2,12,13,17)/t7-,8+,9?. The number of aliphatic hydroxyl groups excluding tert-OH is 2. The molecule has 0 aliphatic heterocycles. The van der Waals surface area contributed by atoms with Gasteiger partial charge in [-0.2, -0.15) is 4.98 Å². The van der Waals surface area contributed by atoms with Crippen LogP contribution >= 0.6 is 0 Å². The summed E-state index contributed by atoms with van der Waals surface area (Å²) in [5, 5.41) is 18.4. The van der Waals surface area contributed by atoms with Gasteiger partial charge in [0.15, 0.2) is 0 Å². The van der Waals surface area contributed by atoms with Crippen LogP contribution in [0.1, 0.15) is 18.9 Å². The van der Waals surface area contributed by atoms with E-state index in [0.29, 0.717) is 12.8 Å². The summed E-state index contributed by atoms with van der Waals surface area (Å²) in [5.41, 5.74) is 5.06. The molecule has 0 amide bonds. The summed E-state index contributed by atoms with van der Waals surface area (Å²) in [6.07, 6.45) is 3.00. The Balaban J connectivity index is 2.22. The van der Waals surface area contributed by atoms with Crippen LogP contribution in [-0.4, -0.2) is 33.0 Å². The lowest BCUT2D eigenvalue weighted by atomic mass is 9.98. The molecule has 0 spiro atoms. The topological polar surface area (TPSA) is 101 Å². The van der Waals surface area contributed by atoms with Crippen molar-refractivity contribution in [3.05, 3.63) is 22.7 Å². The first-order valence-electron chi connectivity index (χ1n) is 5.72. The molecule has 1 aromatic rings. The van der Waals surface area contributed by atoms with E-state index in [1.54, 1.807) is 12.3 Å². The van der Waals surface area contributed by atoms with Gasteiger partial charge in [0.2, 0.25) is 0 Å². The number of nitrogens with zero attached hydrogens (tertiary/aromatic N) is 2. The average Bonchev–Trinajstić information content (AvgIpc) is 2.72. The van der Waals surface area contributed by atoms with Crippen molar-refractivity contribution in [1.29, 1.82) is 0 Å². The van der Waals surface area contributed by atoms with Crippen LogP contribution in [0.3, 0.4) is 0 Å². The fourth-order valence-electron chi connectivity index (χ4n) is 2.56. The molecule has 4 N–H and O–H groups in total. The highest BCUT2D eigenvalue weighted by Crippen LogP contribution is 2.38. The minimum atomic E-state index is -0.370. The Bertz CT molecular complexity index is 434. The first-order chi connectivity index (χ1) is 8.15. The first-order valence-corrected chi connectivity index (χ1v) is 5.72. The monoisotopic (exact) mass is 239 g/mol. The van der Waals surface area contributed by atoms with Crippen molar-refractivity contribution in [3.8, 4) is 0 Å². The number of anilines is 1. The van der Waals surface area contributed by atoms with Crippen LogP contribution in [0.5, 0.6) is 0 Å². The van der Waals surface area contributed by atoms with Crippen molar-refractivity contribution in [1.82, 2.24) is 9.55 Å². The van der Waals surface area contributed by atoms with E-state index in [1.807, 2.05) is 0 Å². The van der Waals surface area contributed by atoms with Crippen molar-refractivity contribution in [3.63, 3.8) is 0 Å². The zero-order valence-corrected chi connectivity index (χ0v) is 9.49. The maximum atomic E-state index is 11.7. The molecule has 1 fully saturated rings. The van der Waals surface area contributed by atoms with Gasteiger partial charge in [-0.1, -0.05) is 0 Å². The molecule has 6 heteroatoms. The van der Waals surface area contributed by atoms with Crippen molar-refractivity contribution < 1.29 is 10.2 Å². The van der Waals surface area contributed by atoms with Gasteiger partial charge in [0.25, 0.3) is 0 Å². The van der Waals surface area contributed by atoms with E-state index in [-0.39, 0.29) is 42.6 Å². The van der Waals surface area contributed by atoms with Crippen molar-refractivity contribution in [2.75, 3.05) is 18.9 Å². The average molecular weight is 239 g/mol. The van der Waals surface area contributed by atoms with Crippen LogP contribution in [-0.2, 0) is 0 Å². The molecule has 3 atom stereocenters. The maximum Gasteiger partial charge on any atom is 0.349 e. The van der Waals surface area contributed by atoms with Gasteiger partial charge >= 0.3 is 5.69 Å². The third-order valence-electron chi connectivity index (χ3n) is 3.53. The molecular weight excluding hydrogens is 222 g/mol. The summed E-state index contributed by atoms with van der Waals surface area (Å²) < 4.78 is 1.54. The van der Waals surface area contributed by atoms with Gasteiger partial charge in [-0.25, -0.2) is 4.79 Å². The Labute approximate surface area is 98.7 Å². The number of hydrogen-bond acceptors (Lipinski definition) is 5. The first kappa shape index (κ1) is 12.1. The van der Waals surface area contributed by atoms with Gasteiger partial charge in [-0.05, 0) is 30.7 Å². The molecule has 17 heavy (non-hydrogen) atoms. The zero-order valence-electron chi connectivity index (χ0n) is 9.49.